The zero-order valence-electron chi connectivity index (χ0n) is 12.4. The molecule has 1 N–H and O–H groups in total. The van der Waals surface area contributed by atoms with Crippen molar-refractivity contribution in [3.05, 3.63) is 20.3 Å². The molecule has 2 bridgehead atoms. The fraction of sp³-hybridized carbons (Fsp3) is 0.765. The first-order valence-corrected chi connectivity index (χ1v) is 9.81. The molecule has 3 fully saturated rings. The van der Waals surface area contributed by atoms with E-state index in [1.807, 2.05) is 11.3 Å². The van der Waals surface area contributed by atoms with Crippen molar-refractivity contribution in [2.24, 2.45) is 29.6 Å². The van der Waals surface area contributed by atoms with Crippen LogP contribution in [0.5, 0.6) is 0 Å². The lowest BCUT2D eigenvalue weighted by molar-refractivity contribution is 0.373. The molecule has 0 aromatic carbocycles. The van der Waals surface area contributed by atoms with Crippen molar-refractivity contribution in [1.29, 1.82) is 0 Å². The lowest BCUT2D eigenvalue weighted by Gasteiger charge is -2.21. The Bertz CT molecular complexity index is 476. The quantitative estimate of drug-likeness (QED) is 0.771. The van der Waals surface area contributed by atoms with Crippen LogP contribution in [0, 0.1) is 36.5 Å². The molecular weight excluding hydrogens is 330 g/mol. The maximum Gasteiger partial charge on any atom is 0.0731 e. The Balaban J connectivity index is 1.57. The lowest BCUT2D eigenvalue weighted by atomic mass is 9.96. The number of hydrogen-bond acceptors (Lipinski definition) is 2. The fourth-order valence-electron chi connectivity index (χ4n) is 5.20. The summed E-state index contributed by atoms with van der Waals surface area (Å²) in [5.74, 6) is 5.21. The highest BCUT2D eigenvalue weighted by molar-refractivity contribution is 9.11. The highest BCUT2D eigenvalue weighted by Crippen LogP contribution is 2.72. The summed E-state index contributed by atoms with van der Waals surface area (Å²) in [4.78, 5) is 1.57. The van der Waals surface area contributed by atoms with Gasteiger partial charge in [-0.15, -0.1) is 11.3 Å². The van der Waals surface area contributed by atoms with Crippen LogP contribution >= 0.6 is 27.3 Å². The fourth-order valence-corrected chi connectivity index (χ4v) is 6.91. The van der Waals surface area contributed by atoms with Crippen LogP contribution in [-0.2, 0) is 0 Å². The summed E-state index contributed by atoms with van der Waals surface area (Å²) in [6, 6.07) is 3.04. The van der Waals surface area contributed by atoms with Crippen LogP contribution < -0.4 is 5.32 Å². The zero-order chi connectivity index (χ0) is 13.9. The van der Waals surface area contributed by atoms with Crippen LogP contribution in [0.1, 0.15) is 49.1 Å². The smallest absolute Gasteiger partial charge is 0.0731 e. The summed E-state index contributed by atoms with van der Waals surface area (Å²) in [5, 5.41) is 3.88. The Kier molecular flexibility index (Phi) is 3.51. The van der Waals surface area contributed by atoms with E-state index in [0.29, 0.717) is 6.04 Å². The molecule has 1 nitrogen and oxygen atoms in total. The SMILES string of the molecule is CCCNC(c1cc(C)c(Br)s1)C1C2C3CCC(C3)C21. The number of thiophene rings is 1. The van der Waals surface area contributed by atoms with Gasteiger partial charge in [0.2, 0.25) is 0 Å². The third-order valence-electron chi connectivity index (χ3n) is 5.98. The molecule has 5 atom stereocenters. The van der Waals surface area contributed by atoms with Gasteiger partial charge in [-0.05, 0) is 96.3 Å². The van der Waals surface area contributed by atoms with Gasteiger partial charge in [-0.1, -0.05) is 6.92 Å². The van der Waals surface area contributed by atoms with Gasteiger partial charge in [0.05, 0.1) is 3.79 Å². The maximum absolute atomic E-state index is 3.88. The second-order valence-corrected chi connectivity index (χ2v) is 9.50. The highest BCUT2D eigenvalue weighted by Gasteiger charge is 2.66. The summed E-state index contributed by atoms with van der Waals surface area (Å²) in [6.07, 6.45) is 5.84. The topological polar surface area (TPSA) is 12.0 Å². The van der Waals surface area contributed by atoms with E-state index in [2.05, 4.69) is 41.2 Å². The van der Waals surface area contributed by atoms with Gasteiger partial charge in [0.25, 0.3) is 0 Å². The number of nitrogens with one attached hydrogen (secondary N) is 1. The Morgan fingerprint density at radius 2 is 2.05 bits per heavy atom. The molecular formula is C17H24BrNS. The monoisotopic (exact) mass is 353 g/mol. The predicted molar refractivity (Wildman–Crippen MR) is 89.1 cm³/mol. The first-order valence-electron chi connectivity index (χ1n) is 8.20. The van der Waals surface area contributed by atoms with Gasteiger partial charge in [-0.25, -0.2) is 0 Å². The van der Waals surface area contributed by atoms with Crippen LogP contribution in [-0.4, -0.2) is 6.54 Å². The Morgan fingerprint density at radius 3 is 2.60 bits per heavy atom. The van der Waals surface area contributed by atoms with Gasteiger partial charge in [-0.2, -0.15) is 0 Å². The van der Waals surface area contributed by atoms with E-state index in [0.717, 1.165) is 36.1 Å². The average Bonchev–Trinajstić information content (AvgIpc) is 2.74. The number of hydrogen-bond donors (Lipinski definition) is 1. The summed E-state index contributed by atoms with van der Waals surface area (Å²) in [6.45, 7) is 5.65. The molecule has 1 heterocycles. The van der Waals surface area contributed by atoms with Crippen molar-refractivity contribution >= 4 is 27.3 Å². The van der Waals surface area contributed by atoms with Crippen LogP contribution in [0.15, 0.2) is 9.85 Å². The number of fused-ring (bicyclic) bond motifs is 5. The van der Waals surface area contributed by atoms with Gasteiger partial charge >= 0.3 is 0 Å². The van der Waals surface area contributed by atoms with Crippen molar-refractivity contribution in [3.63, 3.8) is 0 Å². The minimum atomic E-state index is 0.628. The Morgan fingerprint density at radius 1 is 1.35 bits per heavy atom. The molecule has 110 valence electrons. The van der Waals surface area contributed by atoms with Gasteiger partial charge in [-0.3, -0.25) is 0 Å². The van der Waals surface area contributed by atoms with Crippen LogP contribution in [0.4, 0.5) is 0 Å². The number of halogens is 1. The third-order valence-corrected chi connectivity index (χ3v) is 8.20. The van der Waals surface area contributed by atoms with Crippen molar-refractivity contribution < 1.29 is 0 Å². The van der Waals surface area contributed by atoms with E-state index < -0.39 is 0 Å². The normalized spacial score (nSPS) is 39.0. The second-order valence-electron chi connectivity index (χ2n) is 7.10. The zero-order valence-corrected chi connectivity index (χ0v) is 14.8. The summed E-state index contributed by atoms with van der Waals surface area (Å²) < 4.78 is 1.32. The minimum Gasteiger partial charge on any atom is -0.309 e. The molecule has 3 aliphatic rings. The molecule has 0 spiro atoms. The summed E-state index contributed by atoms with van der Waals surface area (Å²) in [7, 11) is 0. The van der Waals surface area contributed by atoms with E-state index in [1.54, 1.807) is 11.3 Å². The number of rotatable bonds is 5. The molecule has 0 amide bonds. The molecule has 0 aliphatic heterocycles. The van der Waals surface area contributed by atoms with E-state index in [-0.39, 0.29) is 0 Å². The Labute approximate surface area is 134 Å². The van der Waals surface area contributed by atoms with Crippen molar-refractivity contribution in [2.45, 2.75) is 45.6 Å². The second kappa shape index (κ2) is 5.10. The van der Waals surface area contributed by atoms with Crippen molar-refractivity contribution in [1.82, 2.24) is 5.32 Å². The molecule has 3 aliphatic carbocycles. The van der Waals surface area contributed by atoms with Crippen LogP contribution in [0.2, 0.25) is 0 Å². The number of aryl methyl sites for hydroxylation is 1. The van der Waals surface area contributed by atoms with Gasteiger partial charge in [0.1, 0.15) is 0 Å². The van der Waals surface area contributed by atoms with Gasteiger partial charge in [0, 0.05) is 10.9 Å². The van der Waals surface area contributed by atoms with E-state index >= 15 is 0 Å². The molecule has 4 rings (SSSR count). The predicted octanol–water partition coefficient (Wildman–Crippen LogP) is 5.15. The highest BCUT2D eigenvalue weighted by atomic mass is 79.9. The minimum absolute atomic E-state index is 0.628. The standard InChI is InChI=1S/C17H24BrNS/c1-3-6-19-16(12-7-9(2)17(18)20-12)15-13-10-4-5-11(8-10)14(13)15/h7,10-11,13-16,19H,3-6,8H2,1-2H3. The molecule has 3 heteroatoms. The van der Waals surface area contributed by atoms with E-state index in [1.165, 1.54) is 28.6 Å². The molecule has 5 unspecified atom stereocenters. The molecule has 1 aromatic rings. The van der Waals surface area contributed by atoms with Crippen LogP contribution in [0.25, 0.3) is 0 Å². The van der Waals surface area contributed by atoms with Crippen molar-refractivity contribution in [3.8, 4) is 0 Å². The van der Waals surface area contributed by atoms with Crippen LogP contribution in [0.3, 0.4) is 0 Å². The molecule has 0 radical (unpaired) electrons. The van der Waals surface area contributed by atoms with Crippen molar-refractivity contribution in [2.75, 3.05) is 6.54 Å². The summed E-state index contributed by atoms with van der Waals surface area (Å²) >= 11 is 5.67. The summed E-state index contributed by atoms with van der Waals surface area (Å²) in [5.41, 5.74) is 1.40. The average molecular weight is 354 g/mol. The van der Waals surface area contributed by atoms with E-state index in [9.17, 15) is 0 Å². The van der Waals surface area contributed by atoms with Gasteiger partial charge in [0.15, 0.2) is 0 Å². The molecule has 0 saturated heterocycles. The molecule has 3 saturated carbocycles. The van der Waals surface area contributed by atoms with E-state index in [4.69, 9.17) is 0 Å². The Hall–Kier alpha value is 0.140. The lowest BCUT2D eigenvalue weighted by Crippen LogP contribution is -2.25. The molecule has 1 aromatic heterocycles. The first-order chi connectivity index (χ1) is 9.70. The van der Waals surface area contributed by atoms with Gasteiger partial charge < -0.3 is 5.32 Å². The molecule has 20 heavy (non-hydrogen) atoms. The first kappa shape index (κ1) is 13.8. The maximum atomic E-state index is 3.88. The largest absolute Gasteiger partial charge is 0.309 e. The third kappa shape index (κ3) is 2.04.